The van der Waals surface area contributed by atoms with Gasteiger partial charge in [0.15, 0.2) is 5.60 Å². The van der Waals surface area contributed by atoms with Crippen LogP contribution in [-0.4, -0.2) is 66.4 Å². The molecule has 268 valence electrons. The molecule has 1 spiro atoms. The Bertz CT molecular complexity index is 1900. The van der Waals surface area contributed by atoms with Gasteiger partial charge < -0.3 is 24.4 Å². The highest BCUT2D eigenvalue weighted by molar-refractivity contribution is 9.10. The molecule has 10 nitrogen and oxygen atoms in total. The number of carbonyl (C=O) groups is 2. The van der Waals surface area contributed by atoms with E-state index < -0.39 is 13.7 Å². The molecule has 1 N–H and O–H groups in total. The van der Waals surface area contributed by atoms with Gasteiger partial charge in [-0.05, 0) is 72.8 Å². The Morgan fingerprint density at radius 3 is 2.53 bits per heavy atom. The van der Waals surface area contributed by atoms with Gasteiger partial charge in [-0.15, -0.1) is 5.10 Å². The molecular weight excluding hydrogens is 726 g/mol. The minimum Gasteiger partial charge on any atom is -0.497 e. The standard InChI is InChI=1S/C39H46BrN5O5Si/c1-26-37(51(3,4)32-15-13-31(49-2)14-16-32)35(18-21-43-25-29(19-22-46)41-42-43)50-39(26)33-23-28(40)10-17-34(33)45(38(39)48)24-27-8-11-30(12-9-27)44-20-6-5-7-36(44)47/h8-17,23,25-26,35,37,46H,5-7,18-22,24H2,1-4H3/t26-,35+,37-,39+/m1/s1. The van der Waals surface area contributed by atoms with Gasteiger partial charge in [-0.3, -0.25) is 14.3 Å². The van der Waals surface area contributed by atoms with E-state index in [1.165, 1.54) is 5.19 Å². The molecule has 0 saturated carbocycles. The van der Waals surface area contributed by atoms with Gasteiger partial charge in [0.25, 0.3) is 5.91 Å². The summed E-state index contributed by atoms with van der Waals surface area (Å²) in [5.41, 5.74) is 3.30. The van der Waals surface area contributed by atoms with E-state index in [1.807, 2.05) is 69.2 Å². The van der Waals surface area contributed by atoms with Gasteiger partial charge in [0, 0.05) is 60.4 Å². The molecule has 1 aromatic heterocycles. The monoisotopic (exact) mass is 771 g/mol. The molecule has 4 aromatic rings. The summed E-state index contributed by atoms with van der Waals surface area (Å²) in [6.07, 6.45) is 5.29. The normalized spacial score (nSPS) is 23.4. The van der Waals surface area contributed by atoms with Crippen LogP contribution in [0, 0.1) is 5.92 Å². The SMILES string of the molecule is COc1ccc([Si](C)(C)[C@H]2[C@H](CCn3cc(CCO)nn3)O[C@@]3(C(=O)N(Cc4ccc(N5CCCCC5=O)cc4)c4ccc(Br)cc43)[C@@H]2C)cc1. The van der Waals surface area contributed by atoms with Crippen molar-refractivity contribution in [3.05, 3.63) is 94.2 Å². The number of ether oxygens (including phenoxy) is 2. The predicted molar refractivity (Wildman–Crippen MR) is 203 cm³/mol. The van der Waals surface area contributed by atoms with Crippen molar-refractivity contribution in [3.8, 4) is 5.75 Å². The highest BCUT2D eigenvalue weighted by atomic mass is 79.9. The summed E-state index contributed by atoms with van der Waals surface area (Å²) < 4.78 is 15.5. The zero-order chi connectivity index (χ0) is 35.9. The van der Waals surface area contributed by atoms with Gasteiger partial charge in [0.05, 0.1) is 39.2 Å². The number of benzene rings is 3. The van der Waals surface area contributed by atoms with Gasteiger partial charge >= 0.3 is 0 Å². The lowest BCUT2D eigenvalue weighted by atomic mass is 9.82. The Morgan fingerprint density at radius 2 is 1.82 bits per heavy atom. The summed E-state index contributed by atoms with van der Waals surface area (Å²) in [5, 5.41) is 19.2. The first-order chi connectivity index (χ1) is 24.6. The molecule has 0 bridgehead atoms. The number of aromatic nitrogens is 3. The molecule has 2 saturated heterocycles. The second-order valence-corrected chi connectivity index (χ2v) is 20.2. The van der Waals surface area contributed by atoms with Crippen molar-refractivity contribution in [2.24, 2.45) is 5.92 Å². The van der Waals surface area contributed by atoms with Gasteiger partial charge in [0.2, 0.25) is 5.91 Å². The molecule has 51 heavy (non-hydrogen) atoms. The Morgan fingerprint density at radius 1 is 1.06 bits per heavy atom. The molecule has 0 unspecified atom stereocenters. The van der Waals surface area contributed by atoms with E-state index >= 15 is 4.79 Å². The number of aliphatic hydroxyl groups is 1. The quantitative estimate of drug-likeness (QED) is 0.188. The first-order valence-electron chi connectivity index (χ1n) is 17.9. The van der Waals surface area contributed by atoms with Crippen molar-refractivity contribution in [2.45, 2.75) is 82.5 Å². The lowest BCUT2D eigenvalue weighted by Crippen LogP contribution is -2.51. The zero-order valence-corrected chi connectivity index (χ0v) is 32.3. The van der Waals surface area contributed by atoms with Crippen LogP contribution in [0.25, 0.3) is 0 Å². The molecule has 0 radical (unpaired) electrons. The molecule has 3 aromatic carbocycles. The van der Waals surface area contributed by atoms with E-state index in [2.05, 4.69) is 64.5 Å². The van der Waals surface area contributed by atoms with Gasteiger partial charge in [-0.25, -0.2) is 0 Å². The van der Waals surface area contributed by atoms with Gasteiger partial charge in [-0.1, -0.05) is 70.6 Å². The second-order valence-electron chi connectivity index (χ2n) is 14.6. The third-order valence-electron chi connectivity index (χ3n) is 11.3. The maximum Gasteiger partial charge on any atom is 0.264 e. The average molecular weight is 773 g/mol. The Balaban J connectivity index is 1.24. The third kappa shape index (κ3) is 6.45. The first-order valence-corrected chi connectivity index (χ1v) is 21.8. The predicted octanol–water partition coefficient (Wildman–Crippen LogP) is 5.95. The minimum atomic E-state index is -2.31. The molecular formula is C39H46BrN5O5Si. The number of fused-ring (bicyclic) bond motifs is 2. The Hall–Kier alpha value is -3.84. The third-order valence-corrected chi connectivity index (χ3v) is 16.2. The lowest BCUT2D eigenvalue weighted by Gasteiger charge is -2.37. The van der Waals surface area contributed by atoms with Crippen LogP contribution in [0.2, 0.25) is 18.6 Å². The number of aliphatic hydroxyl groups excluding tert-OH is 1. The number of rotatable bonds is 11. The van der Waals surface area contributed by atoms with E-state index in [1.54, 1.807) is 7.11 Å². The van der Waals surface area contributed by atoms with Crippen molar-refractivity contribution in [2.75, 3.05) is 30.1 Å². The molecule has 3 aliphatic rings. The molecule has 2 amide bonds. The van der Waals surface area contributed by atoms with E-state index in [4.69, 9.17) is 9.47 Å². The van der Waals surface area contributed by atoms with Gasteiger partial charge in [0.1, 0.15) is 5.75 Å². The van der Waals surface area contributed by atoms with Crippen LogP contribution in [0.5, 0.6) is 5.75 Å². The van der Waals surface area contributed by atoms with Crippen LogP contribution in [0.3, 0.4) is 0 Å². The van der Waals surface area contributed by atoms with E-state index in [0.717, 1.165) is 57.8 Å². The summed E-state index contributed by atoms with van der Waals surface area (Å²) in [7, 11) is -0.632. The minimum absolute atomic E-state index is 0.0179. The molecule has 12 heteroatoms. The average Bonchev–Trinajstić information content (AvgIpc) is 3.78. The van der Waals surface area contributed by atoms with Crippen molar-refractivity contribution in [3.63, 3.8) is 0 Å². The van der Waals surface area contributed by atoms with Crippen LogP contribution in [0.4, 0.5) is 11.4 Å². The number of methoxy groups -OCH3 is 1. The van der Waals surface area contributed by atoms with Crippen LogP contribution in [0.1, 0.15) is 49.4 Å². The van der Waals surface area contributed by atoms with Crippen molar-refractivity contribution < 1.29 is 24.2 Å². The number of carbonyl (C=O) groups excluding carboxylic acids is 2. The fraction of sp³-hybridized carbons (Fsp3) is 0.436. The number of hydrogen-bond acceptors (Lipinski definition) is 7. The smallest absolute Gasteiger partial charge is 0.264 e. The van der Waals surface area contributed by atoms with Crippen LogP contribution < -0.4 is 19.7 Å². The summed E-state index contributed by atoms with van der Waals surface area (Å²) in [6.45, 7) is 8.69. The highest BCUT2D eigenvalue weighted by Crippen LogP contribution is 2.60. The maximum atomic E-state index is 15.1. The van der Waals surface area contributed by atoms with E-state index in [0.29, 0.717) is 32.4 Å². The van der Waals surface area contributed by atoms with Gasteiger partial charge in [-0.2, -0.15) is 0 Å². The van der Waals surface area contributed by atoms with Crippen LogP contribution in [0.15, 0.2) is 77.4 Å². The van der Waals surface area contributed by atoms with Crippen LogP contribution >= 0.6 is 15.9 Å². The molecule has 3 aliphatic heterocycles. The molecule has 4 heterocycles. The summed E-state index contributed by atoms with van der Waals surface area (Å²) >= 11 is 3.71. The van der Waals surface area contributed by atoms with Crippen LogP contribution in [-0.2, 0) is 39.4 Å². The van der Waals surface area contributed by atoms with E-state index in [-0.39, 0.29) is 36.0 Å². The van der Waals surface area contributed by atoms with Crippen molar-refractivity contribution in [1.29, 1.82) is 0 Å². The molecule has 7 rings (SSSR count). The largest absolute Gasteiger partial charge is 0.497 e. The topological polar surface area (TPSA) is 110 Å². The van der Waals surface area contributed by atoms with Crippen molar-refractivity contribution >= 4 is 52.4 Å². The van der Waals surface area contributed by atoms with E-state index in [9.17, 15) is 9.90 Å². The summed E-state index contributed by atoms with van der Waals surface area (Å²) in [4.78, 5) is 31.5. The zero-order valence-electron chi connectivity index (χ0n) is 29.7. The molecule has 0 aliphatic carbocycles. The summed E-state index contributed by atoms with van der Waals surface area (Å²) in [5.74, 6) is 0.798. The molecule has 2 fully saturated rings. The lowest BCUT2D eigenvalue weighted by molar-refractivity contribution is -0.146. The fourth-order valence-corrected chi connectivity index (χ4v) is 13.1. The number of hydrogen-bond donors (Lipinski definition) is 1. The number of piperidine rings is 1. The number of anilines is 2. The highest BCUT2D eigenvalue weighted by Gasteiger charge is 2.66. The second kappa shape index (κ2) is 14.3. The maximum absolute atomic E-state index is 15.1. The first kappa shape index (κ1) is 35.6. The van der Waals surface area contributed by atoms with Crippen molar-refractivity contribution in [1.82, 2.24) is 15.0 Å². The number of nitrogens with zero attached hydrogens (tertiary/aromatic N) is 5. The fourth-order valence-electron chi connectivity index (χ4n) is 8.69. The summed E-state index contributed by atoms with van der Waals surface area (Å²) in [6, 6.07) is 22.5. The Labute approximate surface area is 308 Å². The Kier molecular flexibility index (Phi) is 9.96. The number of halogens is 1. The molecule has 4 atom stereocenters. The number of aryl methyl sites for hydroxylation is 1. The number of amides is 2.